The molecule has 1 saturated heterocycles. The number of hydrogen-bond donors (Lipinski definition) is 3. The molecule has 0 radical (unpaired) electrons. The number of nitrogens with one attached hydrogen (secondary N) is 1. The number of nitrogens with zero attached hydrogens (tertiary/aromatic N) is 3. The van der Waals surface area contributed by atoms with Crippen LogP contribution in [-0.4, -0.2) is 54.0 Å². The lowest BCUT2D eigenvalue weighted by atomic mass is 9.94. The topological polar surface area (TPSA) is 96.5 Å². The van der Waals surface area contributed by atoms with E-state index >= 15 is 0 Å². The van der Waals surface area contributed by atoms with E-state index in [2.05, 4.69) is 22.2 Å². The number of aliphatic hydroxyl groups is 1. The van der Waals surface area contributed by atoms with Crippen molar-refractivity contribution in [1.29, 1.82) is 0 Å². The highest BCUT2D eigenvalue weighted by molar-refractivity contribution is 5.52. The van der Waals surface area contributed by atoms with Gasteiger partial charge in [0.25, 0.3) is 0 Å². The van der Waals surface area contributed by atoms with Crippen molar-refractivity contribution in [1.82, 2.24) is 9.97 Å². The molecule has 0 aromatic carbocycles. The molecular weight excluding hydrogens is 270 g/mol. The van der Waals surface area contributed by atoms with Crippen LogP contribution in [0.15, 0.2) is 6.07 Å². The third kappa shape index (κ3) is 4.44. The van der Waals surface area contributed by atoms with Crippen molar-refractivity contribution in [3.05, 3.63) is 6.07 Å². The second-order valence-corrected chi connectivity index (χ2v) is 5.59. The Kier molecular flexibility index (Phi) is 5.19. The van der Waals surface area contributed by atoms with Gasteiger partial charge >= 0.3 is 0 Å². The maximum Gasteiger partial charge on any atom is 0.223 e. The predicted octanol–water partition coefficient (Wildman–Crippen LogP) is 0.858. The van der Waals surface area contributed by atoms with Crippen LogP contribution in [0.2, 0.25) is 0 Å². The van der Waals surface area contributed by atoms with E-state index in [1.165, 1.54) is 0 Å². The summed E-state index contributed by atoms with van der Waals surface area (Å²) in [6.45, 7) is 4.62. The number of nitrogens with two attached hydrogens (primary N) is 1. The van der Waals surface area contributed by atoms with Crippen LogP contribution in [0.3, 0.4) is 0 Å². The summed E-state index contributed by atoms with van der Waals surface area (Å²) >= 11 is 0. The summed E-state index contributed by atoms with van der Waals surface area (Å²) in [7, 11) is 1.90. The highest BCUT2D eigenvalue weighted by Gasteiger charge is 2.31. The van der Waals surface area contributed by atoms with E-state index in [1.807, 2.05) is 18.0 Å². The molecule has 7 heteroatoms. The maximum absolute atomic E-state index is 10.6. The third-order valence-electron chi connectivity index (χ3n) is 3.63. The molecule has 2 rings (SSSR count). The van der Waals surface area contributed by atoms with Gasteiger partial charge in [-0.05, 0) is 6.42 Å². The van der Waals surface area contributed by atoms with Crippen LogP contribution in [0.4, 0.5) is 17.6 Å². The Morgan fingerprint density at radius 3 is 2.81 bits per heavy atom. The van der Waals surface area contributed by atoms with Crippen molar-refractivity contribution in [2.45, 2.75) is 31.8 Å². The first kappa shape index (κ1) is 15.8. The van der Waals surface area contributed by atoms with E-state index in [4.69, 9.17) is 10.5 Å². The average molecular weight is 295 g/mol. The molecule has 21 heavy (non-hydrogen) atoms. The zero-order valence-electron chi connectivity index (χ0n) is 12.8. The molecule has 2 heterocycles. The van der Waals surface area contributed by atoms with Gasteiger partial charge in [0, 0.05) is 52.3 Å². The molecule has 1 aliphatic rings. The van der Waals surface area contributed by atoms with Crippen LogP contribution >= 0.6 is 0 Å². The lowest BCUT2D eigenvalue weighted by Crippen LogP contribution is -2.46. The van der Waals surface area contributed by atoms with Crippen LogP contribution in [0, 0.1) is 0 Å². The molecule has 118 valence electrons. The number of anilines is 3. The monoisotopic (exact) mass is 295 g/mol. The molecule has 0 unspecified atom stereocenters. The van der Waals surface area contributed by atoms with E-state index < -0.39 is 5.60 Å². The molecule has 4 N–H and O–H groups in total. The van der Waals surface area contributed by atoms with E-state index in [0.717, 1.165) is 13.0 Å². The molecule has 1 aromatic rings. The number of likely N-dealkylation sites (N-methyl/N-ethyl adjacent to an activating group) is 1. The highest BCUT2D eigenvalue weighted by atomic mass is 16.5. The predicted molar refractivity (Wildman–Crippen MR) is 83.5 cm³/mol. The van der Waals surface area contributed by atoms with Gasteiger partial charge < -0.3 is 25.8 Å². The van der Waals surface area contributed by atoms with Gasteiger partial charge in [-0.2, -0.15) is 9.97 Å². The Balaban J connectivity index is 2.07. The molecule has 1 aliphatic heterocycles. The van der Waals surface area contributed by atoms with E-state index in [9.17, 15) is 5.11 Å². The quantitative estimate of drug-likeness (QED) is 0.716. The lowest BCUT2D eigenvalue weighted by molar-refractivity contribution is -0.0573. The van der Waals surface area contributed by atoms with Crippen molar-refractivity contribution >= 4 is 17.6 Å². The van der Waals surface area contributed by atoms with Gasteiger partial charge in [-0.25, -0.2) is 0 Å². The van der Waals surface area contributed by atoms with Crippen molar-refractivity contribution in [3.63, 3.8) is 0 Å². The second-order valence-electron chi connectivity index (χ2n) is 5.59. The van der Waals surface area contributed by atoms with E-state index in [1.54, 1.807) is 0 Å². The zero-order chi connectivity index (χ0) is 15.3. The summed E-state index contributed by atoms with van der Waals surface area (Å²) < 4.78 is 5.30. The second kappa shape index (κ2) is 6.91. The summed E-state index contributed by atoms with van der Waals surface area (Å²) in [5, 5.41) is 13.8. The minimum Gasteiger partial charge on any atom is -0.388 e. The molecule has 7 nitrogen and oxygen atoms in total. The summed E-state index contributed by atoms with van der Waals surface area (Å²) in [4.78, 5) is 10.3. The molecule has 0 spiro atoms. The fourth-order valence-corrected chi connectivity index (χ4v) is 2.42. The normalized spacial score (nSPS) is 17.5. The lowest BCUT2D eigenvalue weighted by Gasteiger charge is -2.35. The van der Waals surface area contributed by atoms with Crippen LogP contribution in [0.1, 0.15) is 26.2 Å². The standard InChI is InChI=1S/C14H25N5O2/c1-3-6-16-11-9-12(18-13(15)17-11)19(2)10-14(20)4-7-21-8-5-14/h9,20H,3-8,10H2,1-2H3,(H3,15,16,17,18). The molecule has 0 bridgehead atoms. The fraction of sp³-hybridized carbons (Fsp3) is 0.714. The van der Waals surface area contributed by atoms with Crippen molar-refractivity contribution in [2.75, 3.05) is 49.3 Å². The number of ether oxygens (including phenoxy) is 1. The number of nitrogen functional groups attached to an aromatic ring is 1. The molecule has 0 amide bonds. The first-order valence-electron chi connectivity index (χ1n) is 7.42. The summed E-state index contributed by atoms with van der Waals surface area (Å²) in [6.07, 6.45) is 2.28. The Bertz CT molecular complexity index is 463. The van der Waals surface area contributed by atoms with Crippen molar-refractivity contribution in [3.8, 4) is 0 Å². The molecule has 1 aromatic heterocycles. The number of hydrogen-bond acceptors (Lipinski definition) is 7. The van der Waals surface area contributed by atoms with Crippen LogP contribution < -0.4 is 16.0 Å². The number of rotatable bonds is 6. The average Bonchev–Trinajstić information content (AvgIpc) is 2.45. The van der Waals surface area contributed by atoms with Gasteiger partial charge in [0.2, 0.25) is 5.95 Å². The number of aromatic nitrogens is 2. The van der Waals surface area contributed by atoms with Gasteiger partial charge in [-0.3, -0.25) is 0 Å². The van der Waals surface area contributed by atoms with Crippen LogP contribution in [0.5, 0.6) is 0 Å². The van der Waals surface area contributed by atoms with Gasteiger partial charge in [0.15, 0.2) is 0 Å². The van der Waals surface area contributed by atoms with E-state index in [-0.39, 0.29) is 5.95 Å². The third-order valence-corrected chi connectivity index (χ3v) is 3.63. The minimum absolute atomic E-state index is 0.233. The minimum atomic E-state index is -0.732. The highest BCUT2D eigenvalue weighted by Crippen LogP contribution is 2.24. The zero-order valence-corrected chi connectivity index (χ0v) is 12.8. The first-order valence-corrected chi connectivity index (χ1v) is 7.42. The van der Waals surface area contributed by atoms with Crippen molar-refractivity contribution < 1.29 is 9.84 Å². The summed E-state index contributed by atoms with van der Waals surface area (Å²) in [6, 6.07) is 1.86. The Morgan fingerprint density at radius 1 is 1.43 bits per heavy atom. The summed E-state index contributed by atoms with van der Waals surface area (Å²) in [5.41, 5.74) is 5.03. The molecule has 0 aliphatic carbocycles. The molecule has 1 fully saturated rings. The van der Waals surface area contributed by atoms with Gasteiger partial charge in [-0.1, -0.05) is 6.92 Å². The Labute approximate surface area is 125 Å². The smallest absolute Gasteiger partial charge is 0.223 e. The SMILES string of the molecule is CCCNc1cc(N(C)CC2(O)CCOCC2)nc(N)n1. The van der Waals surface area contributed by atoms with Gasteiger partial charge in [0.1, 0.15) is 11.6 Å². The van der Waals surface area contributed by atoms with Crippen molar-refractivity contribution in [2.24, 2.45) is 0 Å². The first-order chi connectivity index (χ1) is 10.0. The van der Waals surface area contributed by atoms with Gasteiger partial charge in [-0.15, -0.1) is 0 Å². The molecule has 0 atom stereocenters. The Hall–Kier alpha value is -1.60. The molecule has 0 saturated carbocycles. The van der Waals surface area contributed by atoms with Crippen LogP contribution in [0.25, 0.3) is 0 Å². The Morgan fingerprint density at radius 2 is 2.14 bits per heavy atom. The maximum atomic E-state index is 10.6. The molecular formula is C14H25N5O2. The summed E-state index contributed by atoms with van der Waals surface area (Å²) in [5.74, 6) is 1.66. The van der Waals surface area contributed by atoms with E-state index in [0.29, 0.717) is 44.2 Å². The van der Waals surface area contributed by atoms with Gasteiger partial charge in [0.05, 0.1) is 5.60 Å². The largest absolute Gasteiger partial charge is 0.388 e. The fourth-order valence-electron chi connectivity index (χ4n) is 2.42. The van der Waals surface area contributed by atoms with Crippen LogP contribution in [-0.2, 0) is 4.74 Å².